The summed E-state index contributed by atoms with van der Waals surface area (Å²) in [6.07, 6.45) is 3.66. The number of carbonyl (C=O) groups is 1. The van der Waals surface area contributed by atoms with E-state index in [2.05, 4.69) is 22.1 Å². The van der Waals surface area contributed by atoms with Crippen molar-refractivity contribution in [2.45, 2.75) is 58.8 Å². The number of aryl methyl sites for hydroxylation is 1. The van der Waals surface area contributed by atoms with E-state index in [1.165, 1.54) is 67.0 Å². The quantitative estimate of drug-likeness (QED) is 0.268. The number of nitrogens with zero attached hydrogens (tertiary/aromatic N) is 5. The number of benzene rings is 1. The molecule has 0 spiro atoms. The van der Waals surface area contributed by atoms with E-state index < -0.39 is 34.6 Å². The van der Waals surface area contributed by atoms with Crippen molar-refractivity contribution in [1.29, 1.82) is 0 Å². The molecule has 0 aliphatic heterocycles. The lowest BCUT2D eigenvalue weighted by molar-refractivity contribution is -0.129. The second kappa shape index (κ2) is 11.8. The van der Waals surface area contributed by atoms with Gasteiger partial charge in [-0.2, -0.15) is 10.2 Å². The van der Waals surface area contributed by atoms with Crippen LogP contribution in [0.3, 0.4) is 0 Å². The van der Waals surface area contributed by atoms with Crippen LogP contribution in [-0.4, -0.2) is 49.8 Å². The summed E-state index contributed by atoms with van der Waals surface area (Å²) in [7, 11) is 1.45. The van der Waals surface area contributed by atoms with Gasteiger partial charge in [0.05, 0.1) is 38.0 Å². The molecule has 218 valence electrons. The molecule has 0 saturated heterocycles. The smallest absolute Gasteiger partial charge is 0.333 e. The van der Waals surface area contributed by atoms with Gasteiger partial charge in [0.2, 0.25) is 5.91 Å². The van der Waals surface area contributed by atoms with Gasteiger partial charge in [-0.25, -0.2) is 13.8 Å². The Morgan fingerprint density at radius 3 is 2.54 bits per heavy atom. The van der Waals surface area contributed by atoms with Gasteiger partial charge >= 0.3 is 5.69 Å². The zero-order chi connectivity index (χ0) is 30.1. The van der Waals surface area contributed by atoms with Gasteiger partial charge in [-0.15, -0.1) is 11.4 Å². The van der Waals surface area contributed by atoms with E-state index in [0.29, 0.717) is 26.7 Å². The maximum atomic E-state index is 14.4. The fraction of sp³-hybridized carbons (Fsp3) is 0.393. The number of carbonyl (C=O) groups excluding carboxylic acids is 1. The minimum atomic E-state index is -1.55. The molecule has 0 fully saturated rings. The molecule has 1 unspecified atom stereocenters. The van der Waals surface area contributed by atoms with Gasteiger partial charge in [0.25, 0.3) is 5.56 Å². The molecule has 4 rings (SSSR count). The monoisotopic (exact) mass is 584 g/mol. The van der Waals surface area contributed by atoms with Gasteiger partial charge in [-0.3, -0.25) is 14.2 Å². The van der Waals surface area contributed by atoms with E-state index in [0.717, 1.165) is 15.9 Å². The van der Waals surface area contributed by atoms with Crippen molar-refractivity contribution in [3.05, 3.63) is 81.0 Å². The van der Waals surface area contributed by atoms with Crippen molar-refractivity contribution < 1.29 is 18.7 Å². The summed E-state index contributed by atoms with van der Waals surface area (Å²) in [6, 6.07) is 3.80. The predicted octanol–water partition coefficient (Wildman–Crippen LogP) is 3.47. The molecule has 41 heavy (non-hydrogen) atoms. The fourth-order valence-electron chi connectivity index (χ4n) is 4.59. The highest BCUT2D eigenvalue weighted by Gasteiger charge is 2.36. The van der Waals surface area contributed by atoms with Gasteiger partial charge in [0, 0.05) is 17.2 Å². The van der Waals surface area contributed by atoms with Crippen molar-refractivity contribution in [3.63, 3.8) is 0 Å². The summed E-state index contributed by atoms with van der Waals surface area (Å²) in [5, 5.41) is 12.0. The van der Waals surface area contributed by atoms with Crippen LogP contribution in [0.4, 0.5) is 4.39 Å². The molecule has 3 heterocycles. The van der Waals surface area contributed by atoms with Crippen LogP contribution in [0.5, 0.6) is 5.75 Å². The summed E-state index contributed by atoms with van der Waals surface area (Å²) in [5.74, 6) is -0.648. The Labute approximate surface area is 239 Å². The number of fused-ring (bicyclic) bond motifs is 1. The summed E-state index contributed by atoms with van der Waals surface area (Å²) in [4.78, 5) is 43.3. The van der Waals surface area contributed by atoms with Crippen molar-refractivity contribution in [2.75, 3.05) is 13.7 Å². The molecule has 3 aromatic heterocycles. The Morgan fingerprint density at radius 1 is 1.24 bits per heavy atom. The topological polar surface area (TPSA) is 122 Å². The summed E-state index contributed by atoms with van der Waals surface area (Å²) < 4.78 is 28.3. The zero-order valence-corrected chi connectivity index (χ0v) is 24.6. The fourth-order valence-corrected chi connectivity index (χ4v) is 5.81. The van der Waals surface area contributed by atoms with Gasteiger partial charge in [0.1, 0.15) is 33.0 Å². The Hall–Kier alpha value is -4.10. The first-order valence-electron chi connectivity index (χ1n) is 12.9. The van der Waals surface area contributed by atoms with E-state index >= 15 is 0 Å². The highest BCUT2D eigenvalue weighted by molar-refractivity contribution is 7.21. The first kappa shape index (κ1) is 29.9. The number of halogens is 1. The molecule has 1 aromatic carbocycles. The minimum Gasteiger partial charge on any atom is -0.496 e. The average molecular weight is 585 g/mol. The third-order valence-corrected chi connectivity index (χ3v) is 7.91. The number of rotatable bonds is 11. The van der Waals surface area contributed by atoms with Gasteiger partial charge in [-0.1, -0.05) is 17.4 Å². The molecule has 0 bridgehead atoms. The molecule has 13 heteroatoms. The van der Waals surface area contributed by atoms with Crippen molar-refractivity contribution >= 4 is 27.5 Å². The van der Waals surface area contributed by atoms with E-state index in [4.69, 9.17) is 9.47 Å². The molecule has 0 saturated carbocycles. The lowest BCUT2D eigenvalue weighted by Gasteiger charge is -2.28. The van der Waals surface area contributed by atoms with Crippen LogP contribution >= 0.6 is 11.3 Å². The Morgan fingerprint density at radius 2 is 1.93 bits per heavy atom. The predicted molar refractivity (Wildman–Crippen MR) is 154 cm³/mol. The molecule has 1 amide bonds. The van der Waals surface area contributed by atoms with Gasteiger partial charge in [0.15, 0.2) is 0 Å². The number of hydrogen-bond donors (Lipinski definition) is 1. The largest absolute Gasteiger partial charge is 0.496 e. The molecule has 1 N–H and O–H groups in total. The second-order valence-corrected chi connectivity index (χ2v) is 11.2. The van der Waals surface area contributed by atoms with E-state index in [1.54, 1.807) is 20.8 Å². The number of aromatic nitrogens is 5. The summed E-state index contributed by atoms with van der Waals surface area (Å²) >= 11 is 1.16. The number of hydrogen-bond acceptors (Lipinski definition) is 8. The highest BCUT2D eigenvalue weighted by Crippen LogP contribution is 2.34. The molecular weight excluding hydrogens is 551 g/mol. The Kier molecular flexibility index (Phi) is 8.59. The first-order valence-corrected chi connectivity index (χ1v) is 13.8. The molecule has 0 radical (unpaired) electrons. The molecule has 11 nitrogen and oxygen atoms in total. The number of amides is 1. The third kappa shape index (κ3) is 5.59. The molecule has 4 aromatic rings. The maximum absolute atomic E-state index is 14.4. The Bertz CT molecular complexity index is 1700. The molecule has 1 atom stereocenters. The van der Waals surface area contributed by atoms with Crippen molar-refractivity contribution in [3.8, 4) is 10.8 Å². The van der Waals surface area contributed by atoms with Gasteiger partial charge in [-0.05, 0) is 52.8 Å². The second-order valence-electron chi connectivity index (χ2n) is 10.2. The van der Waals surface area contributed by atoms with Crippen LogP contribution in [0, 0.1) is 12.7 Å². The van der Waals surface area contributed by atoms with Crippen LogP contribution < -0.4 is 21.3 Å². The maximum Gasteiger partial charge on any atom is 0.333 e. The van der Waals surface area contributed by atoms with Gasteiger partial charge < -0.3 is 14.8 Å². The van der Waals surface area contributed by atoms with Crippen LogP contribution in [0.15, 0.2) is 52.8 Å². The standard InChI is InChI=1S/C28H33FN6O5S/c1-8-13-40-21(19-14-18(29)9-10-20(19)39-7)15-33-25-22(17(4)24(41-25)35-30-11-12-31-35)23(36)34(27(33)38)28(5,6)26(37)32-16(2)3/h8-12,14,16,21H,1,13,15H2,2-7H3,(H,32,37). The zero-order valence-electron chi connectivity index (χ0n) is 23.8. The molecular formula is C28H33FN6O5S. The van der Waals surface area contributed by atoms with Crippen LogP contribution in [0.25, 0.3) is 15.2 Å². The molecule has 0 aliphatic rings. The normalized spacial score (nSPS) is 12.6. The minimum absolute atomic E-state index is 0.0933. The highest BCUT2D eigenvalue weighted by atomic mass is 32.1. The van der Waals surface area contributed by atoms with E-state index in [9.17, 15) is 18.8 Å². The SMILES string of the molecule is C=CCOC(Cn1c(=O)n(C(C)(C)C(=O)NC(C)C)c(=O)c2c(C)c(-n3nccn3)sc21)c1cc(F)ccc1OC. The van der Waals surface area contributed by atoms with E-state index in [1.807, 2.05) is 0 Å². The average Bonchev–Trinajstić information content (AvgIpc) is 3.56. The lowest BCUT2D eigenvalue weighted by atomic mass is 10.0. The van der Waals surface area contributed by atoms with Crippen LogP contribution in [-0.2, 0) is 21.6 Å². The van der Waals surface area contributed by atoms with Crippen LogP contribution in [0.2, 0.25) is 0 Å². The first-order chi connectivity index (χ1) is 19.4. The summed E-state index contributed by atoms with van der Waals surface area (Å²) in [6.45, 7) is 12.0. The molecule has 0 aliphatic carbocycles. The van der Waals surface area contributed by atoms with Crippen molar-refractivity contribution in [2.24, 2.45) is 0 Å². The number of nitrogens with one attached hydrogen (secondary N) is 1. The van der Waals surface area contributed by atoms with E-state index in [-0.39, 0.29) is 24.6 Å². The lowest BCUT2D eigenvalue weighted by Crippen LogP contribution is -2.56. The third-order valence-electron chi connectivity index (χ3n) is 6.62. The Balaban J connectivity index is 2.04. The number of thiophene rings is 1. The number of ether oxygens (including phenoxy) is 2. The summed E-state index contributed by atoms with van der Waals surface area (Å²) in [5.41, 5.74) is -1.99. The number of methoxy groups -OCH3 is 1. The van der Waals surface area contributed by atoms with Crippen molar-refractivity contribution in [1.82, 2.24) is 29.4 Å². The van der Waals surface area contributed by atoms with Crippen LogP contribution in [0.1, 0.15) is 44.9 Å².